The summed E-state index contributed by atoms with van der Waals surface area (Å²) in [6.45, 7) is 11.9. The Kier molecular flexibility index (Phi) is 7.50. The number of carbonyl (C=O) groups is 1. The molecular formula is C18H27ClN4O2. The Morgan fingerprint density at radius 3 is 2.60 bits per heavy atom. The topological polar surface area (TPSA) is 81.3 Å². The van der Waals surface area contributed by atoms with Crippen LogP contribution in [0.15, 0.2) is 0 Å². The van der Waals surface area contributed by atoms with Crippen LogP contribution in [0.1, 0.15) is 59.0 Å². The van der Waals surface area contributed by atoms with Crippen molar-refractivity contribution < 1.29 is 9.53 Å². The van der Waals surface area contributed by atoms with E-state index < -0.39 is 5.60 Å². The molecule has 1 amide bonds. The number of likely N-dealkylation sites (tertiary alicyclic amines) is 1. The summed E-state index contributed by atoms with van der Waals surface area (Å²) in [4.78, 5) is 22.0. The molecule has 2 rings (SSSR count). The summed E-state index contributed by atoms with van der Waals surface area (Å²) in [5, 5.41) is 0.192. The van der Waals surface area contributed by atoms with Crippen LogP contribution in [0.5, 0.6) is 0 Å². The zero-order valence-corrected chi connectivity index (χ0v) is 16.6. The summed E-state index contributed by atoms with van der Waals surface area (Å²) in [7, 11) is 0. The molecule has 2 N–H and O–H groups in total. The van der Waals surface area contributed by atoms with Crippen LogP contribution in [0.4, 0.5) is 10.5 Å². The van der Waals surface area contributed by atoms with Gasteiger partial charge in [0.2, 0.25) is 0 Å². The van der Waals surface area contributed by atoms with Crippen molar-refractivity contribution in [2.45, 2.75) is 66.0 Å². The van der Waals surface area contributed by atoms with Crippen molar-refractivity contribution in [1.82, 2.24) is 14.9 Å². The minimum atomic E-state index is -0.528. The average Bonchev–Trinajstić information content (AvgIpc) is 2.98. The second-order valence-electron chi connectivity index (χ2n) is 6.43. The molecule has 138 valence electrons. The first-order valence-electron chi connectivity index (χ1n) is 8.48. The van der Waals surface area contributed by atoms with Gasteiger partial charge in [-0.05, 0) is 46.5 Å². The van der Waals surface area contributed by atoms with Gasteiger partial charge >= 0.3 is 6.09 Å². The maximum Gasteiger partial charge on any atom is 0.411 e. The Hall–Kier alpha value is -2.00. The standard InChI is InChI=1S/C16H21ClN4O2.C2H6/c1-10-19-12(13(18)14(17)20-10)8-7-11-6-5-9-21(11)15(22)23-16(2,3)4;1-2/h11H,5-6,9,18H2,1-4H3;1-2H3/t11-;/m0./s1. The molecule has 1 atom stereocenters. The molecule has 2 heterocycles. The molecule has 6 nitrogen and oxygen atoms in total. The minimum absolute atomic E-state index is 0.192. The van der Waals surface area contributed by atoms with Crippen LogP contribution < -0.4 is 5.73 Å². The van der Waals surface area contributed by atoms with E-state index in [4.69, 9.17) is 22.1 Å². The van der Waals surface area contributed by atoms with E-state index in [1.165, 1.54) is 0 Å². The van der Waals surface area contributed by atoms with Gasteiger partial charge in [0.15, 0.2) is 5.15 Å². The van der Waals surface area contributed by atoms with Crippen molar-refractivity contribution in [3.63, 3.8) is 0 Å². The Balaban J connectivity index is 0.00000151. The summed E-state index contributed by atoms with van der Waals surface area (Å²) in [6, 6.07) is -0.210. The molecule has 0 bridgehead atoms. The van der Waals surface area contributed by atoms with Crippen molar-refractivity contribution in [2.75, 3.05) is 12.3 Å². The molecule has 0 aliphatic carbocycles. The normalized spacial score (nSPS) is 16.4. The SMILES string of the molecule is CC.Cc1nc(Cl)c(N)c(C#C[C@@H]2CCCN2C(=O)OC(C)(C)C)n1. The average molecular weight is 367 g/mol. The van der Waals surface area contributed by atoms with E-state index >= 15 is 0 Å². The first kappa shape index (κ1) is 21.0. The molecule has 25 heavy (non-hydrogen) atoms. The van der Waals surface area contributed by atoms with Crippen molar-refractivity contribution in [3.8, 4) is 11.8 Å². The predicted octanol–water partition coefficient (Wildman–Crippen LogP) is 3.80. The Bertz CT molecular complexity index is 674. The van der Waals surface area contributed by atoms with E-state index in [1.807, 2.05) is 34.6 Å². The quantitative estimate of drug-likeness (QED) is 0.558. The van der Waals surface area contributed by atoms with Gasteiger partial charge in [0.25, 0.3) is 0 Å². The third-order valence-electron chi connectivity index (χ3n) is 3.25. The number of carbonyl (C=O) groups excluding carboxylic acids is 1. The van der Waals surface area contributed by atoms with Gasteiger partial charge in [-0.25, -0.2) is 14.8 Å². The number of halogens is 1. The highest BCUT2D eigenvalue weighted by Crippen LogP contribution is 2.21. The number of aromatic nitrogens is 2. The maximum atomic E-state index is 12.2. The smallest absolute Gasteiger partial charge is 0.411 e. The minimum Gasteiger partial charge on any atom is -0.444 e. The van der Waals surface area contributed by atoms with E-state index in [1.54, 1.807) is 11.8 Å². The molecular weight excluding hydrogens is 340 g/mol. The third kappa shape index (κ3) is 6.09. The second-order valence-corrected chi connectivity index (χ2v) is 6.78. The van der Waals surface area contributed by atoms with E-state index in [0.29, 0.717) is 18.1 Å². The van der Waals surface area contributed by atoms with Gasteiger partial charge in [-0.15, -0.1) is 0 Å². The van der Waals surface area contributed by atoms with E-state index in [9.17, 15) is 4.79 Å². The van der Waals surface area contributed by atoms with Gasteiger partial charge in [-0.1, -0.05) is 31.4 Å². The molecule has 0 unspecified atom stereocenters. The Labute approximate surface area is 155 Å². The molecule has 1 aromatic heterocycles. The van der Waals surface area contributed by atoms with Crippen molar-refractivity contribution in [1.29, 1.82) is 0 Å². The Morgan fingerprint density at radius 1 is 1.36 bits per heavy atom. The fourth-order valence-corrected chi connectivity index (χ4v) is 2.46. The number of anilines is 1. The monoisotopic (exact) mass is 366 g/mol. The fourth-order valence-electron chi connectivity index (χ4n) is 2.25. The van der Waals surface area contributed by atoms with Crippen LogP contribution in [0.25, 0.3) is 0 Å². The number of hydrogen-bond acceptors (Lipinski definition) is 5. The van der Waals surface area contributed by atoms with Crippen molar-refractivity contribution >= 4 is 23.4 Å². The molecule has 1 aromatic rings. The summed E-state index contributed by atoms with van der Waals surface area (Å²) in [6.07, 6.45) is 1.33. The predicted molar refractivity (Wildman–Crippen MR) is 100 cm³/mol. The lowest BCUT2D eigenvalue weighted by atomic mass is 10.2. The largest absolute Gasteiger partial charge is 0.444 e. The number of nitrogens with two attached hydrogens (primary N) is 1. The van der Waals surface area contributed by atoms with E-state index in [2.05, 4.69) is 21.8 Å². The molecule has 0 radical (unpaired) electrons. The van der Waals surface area contributed by atoms with Crippen LogP contribution in [-0.4, -0.2) is 39.1 Å². The third-order valence-corrected chi connectivity index (χ3v) is 3.54. The fraction of sp³-hybridized carbons (Fsp3) is 0.611. The Morgan fingerprint density at radius 2 is 2.00 bits per heavy atom. The number of rotatable bonds is 0. The highest BCUT2D eigenvalue weighted by molar-refractivity contribution is 6.32. The maximum absolute atomic E-state index is 12.2. The number of hydrogen-bond donors (Lipinski definition) is 1. The molecule has 0 spiro atoms. The van der Waals surface area contributed by atoms with E-state index in [-0.39, 0.29) is 23.0 Å². The molecule has 1 aliphatic rings. The zero-order chi connectivity index (χ0) is 19.2. The highest BCUT2D eigenvalue weighted by atomic mass is 35.5. The number of nitrogen functional groups attached to an aromatic ring is 1. The zero-order valence-electron chi connectivity index (χ0n) is 15.8. The van der Waals surface area contributed by atoms with Gasteiger partial charge in [-0.2, -0.15) is 0 Å². The summed E-state index contributed by atoms with van der Waals surface area (Å²) in [5.74, 6) is 6.48. The lowest BCUT2D eigenvalue weighted by Crippen LogP contribution is -2.39. The van der Waals surface area contributed by atoms with Gasteiger partial charge in [-0.3, -0.25) is 4.90 Å². The molecule has 1 aliphatic heterocycles. The van der Waals surface area contributed by atoms with Crippen LogP contribution in [0.3, 0.4) is 0 Å². The van der Waals surface area contributed by atoms with Crippen LogP contribution >= 0.6 is 11.6 Å². The van der Waals surface area contributed by atoms with Crippen LogP contribution in [-0.2, 0) is 4.74 Å². The number of nitrogens with zero attached hydrogens (tertiary/aromatic N) is 3. The highest BCUT2D eigenvalue weighted by Gasteiger charge is 2.31. The number of ether oxygens (including phenoxy) is 1. The van der Waals surface area contributed by atoms with Crippen LogP contribution in [0, 0.1) is 18.8 Å². The second kappa shape index (κ2) is 8.91. The molecule has 1 saturated heterocycles. The summed E-state index contributed by atoms with van der Waals surface area (Å²) >= 11 is 5.94. The van der Waals surface area contributed by atoms with Gasteiger partial charge in [0.05, 0.1) is 6.04 Å². The van der Waals surface area contributed by atoms with Gasteiger partial charge in [0.1, 0.15) is 22.8 Å². The van der Waals surface area contributed by atoms with Crippen molar-refractivity contribution in [3.05, 3.63) is 16.7 Å². The van der Waals surface area contributed by atoms with E-state index in [0.717, 1.165) is 12.8 Å². The molecule has 0 saturated carbocycles. The van der Waals surface area contributed by atoms with Gasteiger partial charge < -0.3 is 10.5 Å². The van der Waals surface area contributed by atoms with Crippen LogP contribution in [0.2, 0.25) is 5.15 Å². The van der Waals surface area contributed by atoms with Gasteiger partial charge in [0, 0.05) is 6.54 Å². The first-order valence-corrected chi connectivity index (χ1v) is 8.86. The summed E-state index contributed by atoms with van der Waals surface area (Å²) in [5.41, 5.74) is 5.96. The number of aryl methyl sites for hydroxylation is 1. The molecule has 1 fully saturated rings. The lowest BCUT2D eigenvalue weighted by Gasteiger charge is -2.26. The molecule has 0 aromatic carbocycles. The van der Waals surface area contributed by atoms with Crippen molar-refractivity contribution in [2.24, 2.45) is 0 Å². The molecule has 7 heteroatoms. The summed E-state index contributed by atoms with van der Waals surface area (Å²) < 4.78 is 5.41. The number of amides is 1. The first-order chi connectivity index (χ1) is 11.7. The lowest BCUT2D eigenvalue weighted by molar-refractivity contribution is 0.0261.